The van der Waals surface area contributed by atoms with Gasteiger partial charge in [0.2, 0.25) is 0 Å². The quantitative estimate of drug-likeness (QED) is 0.822. The summed E-state index contributed by atoms with van der Waals surface area (Å²) in [7, 11) is 0. The molecule has 2 nitrogen and oxygen atoms in total. The number of hydrogen-bond acceptors (Lipinski definition) is 2. The van der Waals surface area contributed by atoms with Crippen molar-refractivity contribution in [3.8, 4) is 0 Å². The molecule has 1 N–H and O–H groups in total. The predicted octanol–water partition coefficient (Wildman–Crippen LogP) is 3.21. The molecule has 1 aromatic heterocycles. The van der Waals surface area contributed by atoms with Gasteiger partial charge in [0, 0.05) is 12.2 Å². The van der Waals surface area contributed by atoms with Gasteiger partial charge < -0.3 is 5.32 Å². The fourth-order valence-electron chi connectivity index (χ4n) is 1.22. The average molecular weight is 217 g/mol. The summed E-state index contributed by atoms with van der Waals surface area (Å²) < 4.78 is 0. The first-order chi connectivity index (χ1) is 6.16. The molecule has 1 heterocycles. The van der Waals surface area contributed by atoms with E-state index >= 15 is 0 Å². The first-order valence-electron chi connectivity index (χ1n) is 4.24. The minimum absolute atomic E-state index is 0.533. The van der Waals surface area contributed by atoms with Crippen molar-refractivity contribution in [3.63, 3.8) is 0 Å². The van der Waals surface area contributed by atoms with E-state index in [-0.39, 0.29) is 0 Å². The summed E-state index contributed by atoms with van der Waals surface area (Å²) in [5, 5.41) is 4.42. The lowest BCUT2D eigenvalue weighted by Crippen LogP contribution is -2.05. The summed E-state index contributed by atoms with van der Waals surface area (Å²) in [5.41, 5.74) is 0. The van der Waals surface area contributed by atoms with Crippen LogP contribution in [0.2, 0.25) is 10.0 Å². The second kappa shape index (κ2) is 3.35. The van der Waals surface area contributed by atoms with Crippen LogP contribution in [0.25, 0.3) is 0 Å². The Morgan fingerprint density at radius 1 is 1.54 bits per heavy atom. The van der Waals surface area contributed by atoms with Crippen LogP contribution in [0.5, 0.6) is 0 Å². The van der Waals surface area contributed by atoms with E-state index in [1.807, 2.05) is 0 Å². The van der Waals surface area contributed by atoms with Gasteiger partial charge in [0.05, 0.1) is 10.0 Å². The summed E-state index contributed by atoms with van der Waals surface area (Å²) in [6, 6.07) is 2.23. The Morgan fingerprint density at radius 3 is 2.77 bits per heavy atom. The third-order valence-corrected chi connectivity index (χ3v) is 2.73. The van der Waals surface area contributed by atoms with Crippen LogP contribution < -0.4 is 5.32 Å². The van der Waals surface area contributed by atoms with Crippen LogP contribution in [0.3, 0.4) is 0 Å². The number of aromatic nitrogens is 1. The van der Waals surface area contributed by atoms with Gasteiger partial charge in [-0.05, 0) is 18.4 Å². The van der Waals surface area contributed by atoms with Gasteiger partial charge in [0.25, 0.3) is 0 Å². The average Bonchev–Trinajstić information content (AvgIpc) is 2.73. The van der Waals surface area contributed by atoms with Gasteiger partial charge in [-0.25, -0.2) is 4.98 Å². The van der Waals surface area contributed by atoms with Crippen LogP contribution in [-0.2, 0) is 0 Å². The second-order valence-corrected chi connectivity index (χ2v) is 4.29. The summed E-state index contributed by atoms with van der Waals surface area (Å²) in [5.74, 6) is 1.47. The first kappa shape index (κ1) is 9.10. The normalized spacial score (nSPS) is 25.8. The molecule has 13 heavy (non-hydrogen) atoms. The number of anilines is 1. The third-order valence-electron chi connectivity index (χ3n) is 2.24. The monoisotopic (exact) mass is 216 g/mol. The number of halogens is 2. The molecule has 0 saturated heterocycles. The van der Waals surface area contributed by atoms with Gasteiger partial charge in [-0.15, -0.1) is 0 Å². The number of pyridine rings is 1. The lowest BCUT2D eigenvalue weighted by atomic mass is 10.4. The predicted molar refractivity (Wildman–Crippen MR) is 55.4 cm³/mol. The van der Waals surface area contributed by atoms with Crippen molar-refractivity contribution in [2.75, 3.05) is 5.32 Å². The highest BCUT2D eigenvalue weighted by Gasteiger charge is 2.33. The highest BCUT2D eigenvalue weighted by atomic mass is 35.5. The molecular formula is C9H10Cl2N2. The zero-order valence-corrected chi connectivity index (χ0v) is 8.73. The molecule has 1 aliphatic rings. The molecule has 0 amide bonds. The van der Waals surface area contributed by atoms with E-state index in [1.54, 1.807) is 12.3 Å². The van der Waals surface area contributed by atoms with Gasteiger partial charge in [0.1, 0.15) is 5.82 Å². The molecule has 1 saturated carbocycles. The number of nitrogens with zero attached hydrogens (tertiary/aromatic N) is 1. The van der Waals surface area contributed by atoms with E-state index in [2.05, 4.69) is 17.2 Å². The van der Waals surface area contributed by atoms with Crippen molar-refractivity contribution in [3.05, 3.63) is 22.3 Å². The summed E-state index contributed by atoms with van der Waals surface area (Å²) in [6.45, 7) is 2.20. The van der Waals surface area contributed by atoms with E-state index in [1.165, 1.54) is 6.42 Å². The zero-order chi connectivity index (χ0) is 9.42. The molecule has 0 aromatic carbocycles. The van der Waals surface area contributed by atoms with E-state index in [9.17, 15) is 0 Å². The van der Waals surface area contributed by atoms with Gasteiger partial charge in [-0.2, -0.15) is 0 Å². The fourth-order valence-corrected chi connectivity index (χ4v) is 1.65. The van der Waals surface area contributed by atoms with Crippen molar-refractivity contribution in [2.24, 2.45) is 5.92 Å². The van der Waals surface area contributed by atoms with Gasteiger partial charge in [0.15, 0.2) is 0 Å². The Hall–Kier alpha value is -0.470. The van der Waals surface area contributed by atoms with Crippen LogP contribution in [0, 0.1) is 5.92 Å². The number of hydrogen-bond donors (Lipinski definition) is 1. The van der Waals surface area contributed by atoms with Gasteiger partial charge >= 0.3 is 0 Å². The molecule has 1 fully saturated rings. The second-order valence-electron chi connectivity index (χ2n) is 3.45. The van der Waals surface area contributed by atoms with Crippen LogP contribution in [0.4, 0.5) is 5.82 Å². The molecule has 0 spiro atoms. The van der Waals surface area contributed by atoms with Crippen molar-refractivity contribution in [1.82, 2.24) is 4.98 Å². The maximum atomic E-state index is 5.94. The number of nitrogens with one attached hydrogen (secondary N) is 1. The standard InChI is InChI=1S/C9H10Cl2N2/c1-5-2-8(5)13-9-7(11)3-6(10)4-12-9/h3-5,8H,2H2,1H3,(H,12,13). The molecule has 2 atom stereocenters. The van der Waals surface area contributed by atoms with E-state index in [0.717, 1.165) is 11.7 Å². The molecule has 1 aliphatic carbocycles. The maximum absolute atomic E-state index is 5.94. The van der Waals surface area contributed by atoms with Gasteiger partial charge in [-0.1, -0.05) is 30.1 Å². The molecular weight excluding hydrogens is 207 g/mol. The third kappa shape index (κ3) is 2.06. The van der Waals surface area contributed by atoms with Gasteiger partial charge in [-0.3, -0.25) is 0 Å². The van der Waals surface area contributed by atoms with Crippen molar-refractivity contribution >= 4 is 29.0 Å². The van der Waals surface area contributed by atoms with E-state index in [4.69, 9.17) is 23.2 Å². The summed E-state index contributed by atoms with van der Waals surface area (Å²) >= 11 is 11.7. The molecule has 4 heteroatoms. The Morgan fingerprint density at radius 2 is 2.23 bits per heavy atom. The minimum Gasteiger partial charge on any atom is -0.366 e. The van der Waals surface area contributed by atoms with Crippen molar-refractivity contribution in [1.29, 1.82) is 0 Å². The van der Waals surface area contributed by atoms with E-state index < -0.39 is 0 Å². The lowest BCUT2D eigenvalue weighted by molar-refractivity contribution is 0.924. The van der Waals surface area contributed by atoms with Crippen molar-refractivity contribution in [2.45, 2.75) is 19.4 Å². The highest BCUT2D eigenvalue weighted by Crippen LogP contribution is 2.34. The topological polar surface area (TPSA) is 24.9 Å². The molecule has 70 valence electrons. The summed E-state index contributed by atoms with van der Waals surface area (Å²) in [4.78, 5) is 4.12. The lowest BCUT2D eigenvalue weighted by Gasteiger charge is -2.05. The Bertz CT molecular complexity index is 327. The SMILES string of the molecule is CC1CC1Nc1ncc(Cl)cc1Cl. The maximum Gasteiger partial charge on any atom is 0.145 e. The van der Waals surface area contributed by atoms with Crippen LogP contribution in [0.1, 0.15) is 13.3 Å². The highest BCUT2D eigenvalue weighted by molar-refractivity contribution is 6.35. The summed E-state index contributed by atoms with van der Waals surface area (Å²) in [6.07, 6.45) is 2.80. The smallest absolute Gasteiger partial charge is 0.145 e. The Labute approximate surface area is 87.3 Å². The largest absolute Gasteiger partial charge is 0.366 e. The zero-order valence-electron chi connectivity index (χ0n) is 7.22. The van der Waals surface area contributed by atoms with Crippen LogP contribution >= 0.6 is 23.2 Å². The van der Waals surface area contributed by atoms with Crippen LogP contribution in [-0.4, -0.2) is 11.0 Å². The minimum atomic E-state index is 0.533. The molecule has 2 unspecified atom stereocenters. The molecule has 0 aliphatic heterocycles. The number of rotatable bonds is 2. The molecule has 2 rings (SSSR count). The molecule has 0 radical (unpaired) electrons. The Balaban J connectivity index is 2.11. The molecule has 0 bridgehead atoms. The fraction of sp³-hybridized carbons (Fsp3) is 0.444. The van der Waals surface area contributed by atoms with Crippen LogP contribution in [0.15, 0.2) is 12.3 Å². The van der Waals surface area contributed by atoms with Crippen molar-refractivity contribution < 1.29 is 0 Å². The first-order valence-corrected chi connectivity index (χ1v) is 5.00. The Kier molecular flexibility index (Phi) is 2.35. The molecule has 1 aromatic rings. The van der Waals surface area contributed by atoms with E-state index in [0.29, 0.717) is 16.1 Å².